The van der Waals surface area contributed by atoms with E-state index in [-0.39, 0.29) is 6.04 Å². The largest absolute Gasteiger partial charge is 0.480 e. The molecule has 2 atom stereocenters. The number of nitrogens with one attached hydrogen (secondary N) is 1. The molecule has 3 heteroatoms. The third-order valence-electron chi connectivity index (χ3n) is 3.62. The van der Waals surface area contributed by atoms with E-state index in [1.54, 1.807) is 6.92 Å². The molecule has 0 aliphatic heterocycles. The molecule has 0 heterocycles. The van der Waals surface area contributed by atoms with Crippen molar-refractivity contribution in [2.45, 2.75) is 38.3 Å². The van der Waals surface area contributed by atoms with Crippen LogP contribution in [0.3, 0.4) is 0 Å². The van der Waals surface area contributed by atoms with E-state index in [9.17, 15) is 9.90 Å². The van der Waals surface area contributed by atoms with Gasteiger partial charge in [0.15, 0.2) is 0 Å². The third kappa shape index (κ3) is 2.50. The molecule has 0 spiro atoms. The van der Waals surface area contributed by atoms with Crippen molar-refractivity contribution in [2.24, 2.45) is 5.92 Å². The summed E-state index contributed by atoms with van der Waals surface area (Å²) in [5.74, 6) is -0.186. The lowest BCUT2D eigenvalue weighted by Gasteiger charge is -2.30. The van der Waals surface area contributed by atoms with Crippen molar-refractivity contribution in [3.8, 4) is 0 Å². The van der Waals surface area contributed by atoms with Gasteiger partial charge in [-0.3, -0.25) is 5.32 Å². The average molecular weight is 233 g/mol. The van der Waals surface area contributed by atoms with Gasteiger partial charge in [-0.05, 0) is 38.2 Å². The number of hydrogen-bond donors (Lipinski definition) is 2. The fraction of sp³-hybridized carbons (Fsp3) is 0.500. The van der Waals surface area contributed by atoms with E-state index >= 15 is 0 Å². The zero-order valence-electron chi connectivity index (χ0n) is 10.3. The normalized spacial score (nSPS) is 20.6. The highest BCUT2D eigenvalue weighted by atomic mass is 16.4. The summed E-state index contributed by atoms with van der Waals surface area (Å²) in [4.78, 5) is 11.5. The maximum atomic E-state index is 11.5. The fourth-order valence-electron chi connectivity index (χ4n) is 2.21. The van der Waals surface area contributed by atoms with Crippen molar-refractivity contribution in [3.05, 3.63) is 35.9 Å². The highest BCUT2D eigenvalue weighted by molar-refractivity contribution is 5.80. The van der Waals surface area contributed by atoms with Crippen LogP contribution in [0.15, 0.2) is 30.3 Å². The molecule has 1 fully saturated rings. The molecule has 0 amide bonds. The number of carbonyl (C=O) groups is 1. The second kappa shape index (κ2) is 4.49. The van der Waals surface area contributed by atoms with Gasteiger partial charge in [-0.15, -0.1) is 0 Å². The Balaban J connectivity index is 2.22. The first kappa shape index (κ1) is 12.1. The van der Waals surface area contributed by atoms with Gasteiger partial charge >= 0.3 is 5.97 Å². The quantitative estimate of drug-likeness (QED) is 0.821. The Labute approximate surface area is 102 Å². The predicted octanol–water partition coefficient (Wildman–Crippen LogP) is 2.37. The molecular weight excluding hydrogens is 214 g/mol. The van der Waals surface area contributed by atoms with Crippen molar-refractivity contribution in [1.82, 2.24) is 5.32 Å². The van der Waals surface area contributed by atoms with Gasteiger partial charge in [-0.1, -0.05) is 30.3 Å². The Morgan fingerprint density at radius 1 is 1.41 bits per heavy atom. The number of benzene rings is 1. The summed E-state index contributed by atoms with van der Waals surface area (Å²) >= 11 is 0. The molecule has 1 saturated carbocycles. The second-order valence-corrected chi connectivity index (χ2v) is 5.07. The Hall–Kier alpha value is -1.35. The SMILES string of the molecule is CC(NC(C)(C(=O)O)c1ccccc1)C1CC1. The van der Waals surface area contributed by atoms with Crippen LogP contribution in [0.2, 0.25) is 0 Å². The van der Waals surface area contributed by atoms with E-state index in [0.29, 0.717) is 5.92 Å². The van der Waals surface area contributed by atoms with Crippen molar-refractivity contribution in [1.29, 1.82) is 0 Å². The van der Waals surface area contributed by atoms with Crippen molar-refractivity contribution in [3.63, 3.8) is 0 Å². The van der Waals surface area contributed by atoms with Crippen LogP contribution < -0.4 is 5.32 Å². The molecule has 1 aliphatic carbocycles. The van der Waals surface area contributed by atoms with E-state index < -0.39 is 11.5 Å². The van der Waals surface area contributed by atoms with Crippen LogP contribution in [0.5, 0.6) is 0 Å². The molecule has 1 aromatic rings. The maximum absolute atomic E-state index is 11.5. The molecule has 17 heavy (non-hydrogen) atoms. The van der Waals surface area contributed by atoms with E-state index in [2.05, 4.69) is 12.2 Å². The minimum atomic E-state index is -0.997. The number of rotatable bonds is 5. The van der Waals surface area contributed by atoms with Crippen LogP contribution >= 0.6 is 0 Å². The Morgan fingerprint density at radius 3 is 2.47 bits per heavy atom. The van der Waals surface area contributed by atoms with E-state index in [1.165, 1.54) is 12.8 Å². The Bertz CT molecular complexity index is 400. The van der Waals surface area contributed by atoms with Crippen LogP contribution in [0.25, 0.3) is 0 Å². The van der Waals surface area contributed by atoms with E-state index in [1.807, 2.05) is 30.3 Å². The lowest BCUT2D eigenvalue weighted by molar-refractivity contribution is -0.145. The van der Waals surface area contributed by atoms with E-state index in [0.717, 1.165) is 5.56 Å². The summed E-state index contributed by atoms with van der Waals surface area (Å²) in [5, 5.41) is 12.7. The van der Waals surface area contributed by atoms with E-state index in [4.69, 9.17) is 0 Å². The molecule has 2 rings (SSSR count). The lowest BCUT2D eigenvalue weighted by Crippen LogP contribution is -2.51. The van der Waals surface area contributed by atoms with Gasteiger partial charge in [0, 0.05) is 6.04 Å². The van der Waals surface area contributed by atoms with Gasteiger partial charge < -0.3 is 5.11 Å². The van der Waals surface area contributed by atoms with Crippen LogP contribution in [0.4, 0.5) is 0 Å². The van der Waals surface area contributed by atoms with Gasteiger partial charge in [0.25, 0.3) is 0 Å². The summed E-state index contributed by atoms with van der Waals surface area (Å²) in [6.45, 7) is 3.81. The van der Waals surface area contributed by atoms with Gasteiger partial charge in [0.05, 0.1) is 0 Å². The second-order valence-electron chi connectivity index (χ2n) is 5.07. The van der Waals surface area contributed by atoms with Crippen LogP contribution in [-0.2, 0) is 10.3 Å². The Morgan fingerprint density at radius 2 is 2.00 bits per heavy atom. The summed E-state index contributed by atoms with van der Waals surface area (Å²) in [6, 6.07) is 9.62. The smallest absolute Gasteiger partial charge is 0.328 e. The van der Waals surface area contributed by atoms with Gasteiger partial charge in [0.2, 0.25) is 0 Å². The minimum Gasteiger partial charge on any atom is -0.480 e. The molecule has 3 nitrogen and oxygen atoms in total. The number of hydrogen-bond acceptors (Lipinski definition) is 2. The number of carboxylic acid groups (broad SMARTS) is 1. The molecule has 2 unspecified atom stereocenters. The molecule has 1 aliphatic rings. The summed E-state index contributed by atoms with van der Waals surface area (Å²) < 4.78 is 0. The van der Waals surface area contributed by atoms with Crippen LogP contribution in [0.1, 0.15) is 32.3 Å². The molecule has 0 radical (unpaired) electrons. The third-order valence-corrected chi connectivity index (χ3v) is 3.62. The van der Waals surface area contributed by atoms with Gasteiger partial charge in [-0.2, -0.15) is 0 Å². The van der Waals surface area contributed by atoms with Gasteiger partial charge in [0.1, 0.15) is 5.54 Å². The first-order chi connectivity index (χ1) is 8.04. The zero-order valence-corrected chi connectivity index (χ0v) is 10.3. The van der Waals surface area contributed by atoms with Crippen LogP contribution in [-0.4, -0.2) is 17.1 Å². The molecule has 0 bridgehead atoms. The minimum absolute atomic E-state index is 0.247. The van der Waals surface area contributed by atoms with Crippen molar-refractivity contribution < 1.29 is 9.90 Å². The highest BCUT2D eigenvalue weighted by Gasteiger charge is 2.39. The summed E-state index contributed by atoms with van der Waals surface area (Å²) in [7, 11) is 0. The van der Waals surface area contributed by atoms with Crippen molar-refractivity contribution >= 4 is 5.97 Å². The monoisotopic (exact) mass is 233 g/mol. The highest BCUT2D eigenvalue weighted by Crippen LogP contribution is 2.34. The molecule has 92 valence electrons. The predicted molar refractivity (Wildman–Crippen MR) is 66.8 cm³/mol. The average Bonchev–Trinajstić information content (AvgIpc) is 3.13. The van der Waals surface area contributed by atoms with Crippen LogP contribution in [0, 0.1) is 5.92 Å². The summed E-state index contributed by atoms with van der Waals surface area (Å²) in [5.41, 5.74) is -0.191. The molecular formula is C14H19NO2. The first-order valence-electron chi connectivity index (χ1n) is 6.10. The Kier molecular flexibility index (Phi) is 3.20. The lowest BCUT2D eigenvalue weighted by atomic mass is 9.90. The number of aliphatic carboxylic acids is 1. The van der Waals surface area contributed by atoms with Crippen molar-refractivity contribution in [2.75, 3.05) is 0 Å². The standard InChI is InChI=1S/C14H19NO2/c1-10(11-8-9-11)15-14(2,13(16)17)12-6-4-3-5-7-12/h3-7,10-11,15H,8-9H2,1-2H3,(H,16,17). The zero-order chi connectivity index (χ0) is 12.5. The fourth-order valence-corrected chi connectivity index (χ4v) is 2.21. The molecule has 0 aromatic heterocycles. The molecule has 2 N–H and O–H groups in total. The number of carboxylic acids is 1. The van der Waals surface area contributed by atoms with Gasteiger partial charge in [-0.25, -0.2) is 4.79 Å². The topological polar surface area (TPSA) is 49.3 Å². The first-order valence-corrected chi connectivity index (χ1v) is 6.10. The summed E-state index contributed by atoms with van der Waals surface area (Å²) in [6.07, 6.45) is 2.41. The molecule has 0 saturated heterocycles. The maximum Gasteiger partial charge on any atom is 0.328 e. The molecule has 1 aromatic carbocycles.